The van der Waals surface area contributed by atoms with Gasteiger partial charge in [-0.05, 0) is 54.7 Å². The minimum atomic E-state index is 0.763. The third kappa shape index (κ3) is 2.29. The lowest BCUT2D eigenvalue weighted by molar-refractivity contribution is 0.444. The van der Waals surface area contributed by atoms with Gasteiger partial charge in [0.25, 0.3) is 0 Å². The van der Waals surface area contributed by atoms with E-state index in [9.17, 15) is 0 Å². The molecule has 3 aromatic carbocycles. The van der Waals surface area contributed by atoms with E-state index in [1.165, 1.54) is 74.1 Å². The summed E-state index contributed by atoms with van der Waals surface area (Å²) in [6.45, 7) is 0. The quantitative estimate of drug-likeness (QED) is 0.285. The summed E-state index contributed by atoms with van der Waals surface area (Å²) < 4.78 is 5.18. The Morgan fingerprint density at radius 3 is 2.44 bits per heavy atom. The molecule has 1 fully saturated rings. The largest absolute Gasteiger partial charge is 0.344 e. The molecule has 27 heavy (non-hydrogen) atoms. The van der Waals surface area contributed by atoms with E-state index in [1.54, 1.807) is 5.56 Å². The lowest BCUT2D eigenvalue weighted by atomic mass is 9.84. The minimum absolute atomic E-state index is 0.763. The van der Waals surface area contributed by atoms with E-state index in [0.717, 1.165) is 5.92 Å². The number of aryl methyl sites for hydroxylation is 1. The summed E-state index contributed by atoms with van der Waals surface area (Å²) in [4.78, 5) is 0. The highest BCUT2D eigenvalue weighted by Gasteiger charge is 2.17. The predicted octanol–water partition coefficient (Wildman–Crippen LogP) is 7.75. The maximum absolute atomic E-state index is 2.50. The molecule has 0 spiro atoms. The van der Waals surface area contributed by atoms with Crippen LogP contribution in [-0.4, -0.2) is 4.57 Å². The van der Waals surface area contributed by atoms with E-state index in [4.69, 9.17) is 0 Å². The van der Waals surface area contributed by atoms with E-state index in [-0.39, 0.29) is 0 Å². The van der Waals surface area contributed by atoms with Gasteiger partial charge in [0.1, 0.15) is 0 Å². The van der Waals surface area contributed by atoms with Crippen molar-refractivity contribution in [2.75, 3.05) is 0 Å². The van der Waals surface area contributed by atoms with E-state index in [0.29, 0.717) is 0 Å². The molecule has 134 valence electrons. The summed E-state index contributed by atoms with van der Waals surface area (Å²) in [6, 6.07) is 20.9. The third-order valence-corrected chi connectivity index (χ3v) is 7.74. The molecule has 0 amide bonds. The Labute approximate surface area is 163 Å². The van der Waals surface area contributed by atoms with Crippen molar-refractivity contribution in [1.82, 2.24) is 4.57 Å². The summed E-state index contributed by atoms with van der Waals surface area (Å²) in [5, 5.41) is 5.60. The van der Waals surface area contributed by atoms with Gasteiger partial charge in [-0.15, -0.1) is 11.3 Å². The summed E-state index contributed by atoms with van der Waals surface area (Å²) in [5.41, 5.74) is 4.21. The Bertz CT molecular complexity index is 1310. The van der Waals surface area contributed by atoms with Crippen LogP contribution in [0.15, 0.2) is 54.6 Å². The molecule has 2 heteroatoms. The molecule has 0 aliphatic heterocycles. The third-order valence-electron chi connectivity index (χ3n) is 6.61. The molecule has 0 radical (unpaired) electrons. The molecule has 1 aliphatic rings. The molecule has 1 saturated carbocycles. The number of aromatic nitrogens is 1. The number of fused-ring (bicyclic) bond motifs is 6. The summed E-state index contributed by atoms with van der Waals surface area (Å²) in [5.74, 6) is 0.763. The topological polar surface area (TPSA) is 4.93 Å². The highest BCUT2D eigenvalue weighted by molar-refractivity contribution is 7.25. The number of para-hydroxylation sites is 1. The zero-order valence-electron chi connectivity index (χ0n) is 15.7. The fourth-order valence-corrected chi connectivity index (χ4v) is 6.24. The van der Waals surface area contributed by atoms with Crippen LogP contribution in [-0.2, 0) is 7.05 Å². The van der Waals surface area contributed by atoms with Crippen LogP contribution in [0.2, 0.25) is 0 Å². The average Bonchev–Trinajstić information content (AvgIpc) is 3.22. The fraction of sp³-hybridized carbons (Fsp3) is 0.280. The molecule has 5 aromatic rings. The fourth-order valence-electron chi connectivity index (χ4n) is 5.14. The van der Waals surface area contributed by atoms with E-state index in [2.05, 4.69) is 66.2 Å². The Hall–Kier alpha value is -2.32. The van der Waals surface area contributed by atoms with Gasteiger partial charge < -0.3 is 4.57 Å². The molecule has 0 saturated heterocycles. The second-order valence-electron chi connectivity index (χ2n) is 8.13. The van der Waals surface area contributed by atoms with E-state index in [1.807, 2.05) is 11.3 Å². The minimum Gasteiger partial charge on any atom is -0.344 e. The lowest BCUT2D eigenvalue weighted by Crippen LogP contribution is -2.03. The van der Waals surface area contributed by atoms with Crippen molar-refractivity contribution in [3.63, 3.8) is 0 Å². The standard InChI is InChI=1S/C25H23NS/c1-26-22-10-6-5-9-18(22)19-15-25-21(14-23(19)26)20-13-17(11-12-24(20)27-25)16-7-3-2-4-8-16/h5-6,9-16H,2-4,7-8H2,1H3. The van der Waals surface area contributed by atoms with Gasteiger partial charge >= 0.3 is 0 Å². The molecule has 2 heterocycles. The number of hydrogen-bond acceptors (Lipinski definition) is 1. The van der Waals surface area contributed by atoms with Crippen LogP contribution in [0.25, 0.3) is 42.0 Å². The van der Waals surface area contributed by atoms with Crippen molar-refractivity contribution in [2.45, 2.75) is 38.0 Å². The van der Waals surface area contributed by atoms with Gasteiger partial charge in [0.05, 0.1) is 0 Å². The van der Waals surface area contributed by atoms with Crippen LogP contribution in [0.1, 0.15) is 43.6 Å². The van der Waals surface area contributed by atoms with Gasteiger partial charge in [0, 0.05) is 49.0 Å². The highest BCUT2D eigenvalue weighted by Crippen LogP contribution is 2.41. The van der Waals surface area contributed by atoms with Gasteiger partial charge in [-0.2, -0.15) is 0 Å². The number of rotatable bonds is 1. The second kappa shape index (κ2) is 5.84. The molecule has 0 atom stereocenters. The van der Waals surface area contributed by atoms with Crippen molar-refractivity contribution in [2.24, 2.45) is 7.05 Å². The van der Waals surface area contributed by atoms with Gasteiger partial charge in [-0.25, -0.2) is 0 Å². The molecule has 1 aliphatic carbocycles. The zero-order valence-corrected chi connectivity index (χ0v) is 16.5. The Balaban J connectivity index is 1.63. The Morgan fingerprint density at radius 2 is 1.56 bits per heavy atom. The van der Waals surface area contributed by atoms with Crippen LogP contribution in [0.4, 0.5) is 0 Å². The summed E-state index contributed by atoms with van der Waals surface area (Å²) >= 11 is 1.94. The molecular formula is C25H23NS. The molecular weight excluding hydrogens is 346 g/mol. The number of hydrogen-bond donors (Lipinski definition) is 0. The molecule has 0 unspecified atom stereocenters. The average molecular weight is 370 g/mol. The second-order valence-corrected chi connectivity index (χ2v) is 9.22. The van der Waals surface area contributed by atoms with Crippen LogP contribution >= 0.6 is 11.3 Å². The van der Waals surface area contributed by atoms with E-state index < -0.39 is 0 Å². The maximum Gasteiger partial charge on any atom is 0.0495 e. The molecule has 0 bridgehead atoms. The number of nitrogens with zero attached hydrogens (tertiary/aromatic N) is 1. The monoisotopic (exact) mass is 369 g/mol. The lowest BCUT2D eigenvalue weighted by Gasteiger charge is -2.22. The van der Waals surface area contributed by atoms with Crippen molar-refractivity contribution >= 4 is 53.3 Å². The normalized spacial score (nSPS) is 16.2. The van der Waals surface area contributed by atoms with Crippen molar-refractivity contribution in [1.29, 1.82) is 0 Å². The van der Waals surface area contributed by atoms with Crippen LogP contribution < -0.4 is 0 Å². The Kier molecular flexibility index (Phi) is 3.40. The van der Waals surface area contributed by atoms with Gasteiger partial charge in [0.2, 0.25) is 0 Å². The van der Waals surface area contributed by atoms with Crippen molar-refractivity contribution < 1.29 is 0 Å². The first-order chi connectivity index (χ1) is 13.3. The van der Waals surface area contributed by atoms with Crippen molar-refractivity contribution in [3.05, 3.63) is 60.2 Å². The number of benzene rings is 3. The predicted molar refractivity (Wildman–Crippen MR) is 119 cm³/mol. The van der Waals surface area contributed by atoms with Gasteiger partial charge in [0.15, 0.2) is 0 Å². The summed E-state index contributed by atoms with van der Waals surface area (Å²) in [6.07, 6.45) is 6.93. The van der Waals surface area contributed by atoms with Gasteiger partial charge in [-0.3, -0.25) is 0 Å². The van der Waals surface area contributed by atoms with Crippen LogP contribution in [0.3, 0.4) is 0 Å². The first-order valence-electron chi connectivity index (χ1n) is 10.1. The molecule has 6 rings (SSSR count). The SMILES string of the molecule is Cn1c2ccccc2c2cc3sc4ccc(C5CCCCC5)cc4c3cc21. The molecule has 1 nitrogen and oxygen atoms in total. The first kappa shape index (κ1) is 15.7. The van der Waals surface area contributed by atoms with Crippen LogP contribution in [0, 0.1) is 0 Å². The first-order valence-corrected chi connectivity index (χ1v) is 10.9. The smallest absolute Gasteiger partial charge is 0.0495 e. The van der Waals surface area contributed by atoms with Gasteiger partial charge in [-0.1, -0.05) is 43.5 Å². The number of thiophene rings is 1. The zero-order chi connectivity index (χ0) is 18.0. The van der Waals surface area contributed by atoms with Crippen molar-refractivity contribution in [3.8, 4) is 0 Å². The summed E-state index contributed by atoms with van der Waals surface area (Å²) in [7, 11) is 2.19. The maximum atomic E-state index is 2.50. The Morgan fingerprint density at radius 1 is 0.741 bits per heavy atom. The van der Waals surface area contributed by atoms with Crippen LogP contribution in [0.5, 0.6) is 0 Å². The highest BCUT2D eigenvalue weighted by atomic mass is 32.1. The molecule has 2 aromatic heterocycles. The molecule has 0 N–H and O–H groups in total. The van der Waals surface area contributed by atoms with E-state index >= 15 is 0 Å².